The molecule has 0 spiro atoms. The van der Waals surface area contributed by atoms with Crippen LogP contribution in [0.25, 0.3) is 11.1 Å². The van der Waals surface area contributed by atoms with E-state index < -0.39 is 5.97 Å². The van der Waals surface area contributed by atoms with Crippen LogP contribution in [0.15, 0.2) is 66.7 Å². The Balaban J connectivity index is 1.50. The first-order valence-electron chi connectivity index (χ1n) is 11.0. The van der Waals surface area contributed by atoms with Gasteiger partial charge in [0.15, 0.2) is 11.5 Å². The number of nitrogens with one attached hydrogen (secondary N) is 1. The maximum absolute atomic E-state index is 11.6. The third-order valence-electron chi connectivity index (χ3n) is 6.87. The van der Waals surface area contributed by atoms with Crippen molar-refractivity contribution in [3.8, 4) is 28.4 Å². The Labute approximate surface area is 191 Å². The van der Waals surface area contributed by atoms with Gasteiger partial charge >= 0.3 is 5.97 Å². The van der Waals surface area contributed by atoms with Gasteiger partial charge in [0.05, 0.1) is 18.7 Å². The number of rotatable bonds is 4. The Hall–Kier alpha value is -3.93. The van der Waals surface area contributed by atoms with Gasteiger partial charge in [0.1, 0.15) is 5.75 Å². The molecule has 3 atom stereocenters. The van der Waals surface area contributed by atoms with Crippen LogP contribution in [0.5, 0.6) is 17.2 Å². The molecule has 6 heteroatoms. The number of hydrogen-bond acceptors (Lipinski definition) is 5. The number of benzene rings is 3. The van der Waals surface area contributed by atoms with E-state index in [0.717, 1.165) is 51.6 Å². The van der Waals surface area contributed by atoms with Gasteiger partial charge in [-0.25, -0.2) is 4.79 Å². The largest absolute Gasteiger partial charge is 0.497 e. The zero-order chi connectivity index (χ0) is 22.5. The maximum atomic E-state index is 11.6. The number of anilines is 1. The molecule has 0 amide bonds. The molecule has 0 bridgehead atoms. The molecular formula is C27H23NO5. The van der Waals surface area contributed by atoms with Gasteiger partial charge in [-0.1, -0.05) is 24.3 Å². The highest BCUT2D eigenvalue weighted by Crippen LogP contribution is 2.53. The lowest BCUT2D eigenvalue weighted by Crippen LogP contribution is -2.29. The van der Waals surface area contributed by atoms with E-state index in [1.807, 2.05) is 24.3 Å². The number of aromatic carboxylic acids is 1. The van der Waals surface area contributed by atoms with E-state index in [1.54, 1.807) is 19.2 Å². The minimum Gasteiger partial charge on any atom is -0.497 e. The van der Waals surface area contributed by atoms with E-state index in [9.17, 15) is 9.90 Å². The lowest BCUT2D eigenvalue weighted by Gasteiger charge is -2.38. The molecule has 0 unspecified atom stereocenters. The van der Waals surface area contributed by atoms with Crippen molar-refractivity contribution in [3.05, 3.63) is 83.4 Å². The predicted molar refractivity (Wildman–Crippen MR) is 124 cm³/mol. The van der Waals surface area contributed by atoms with Crippen LogP contribution in [0.3, 0.4) is 0 Å². The van der Waals surface area contributed by atoms with Crippen LogP contribution < -0.4 is 19.5 Å². The highest BCUT2D eigenvalue weighted by molar-refractivity contribution is 5.89. The minimum atomic E-state index is -0.908. The minimum absolute atomic E-state index is 0.0175. The van der Waals surface area contributed by atoms with Crippen molar-refractivity contribution in [2.75, 3.05) is 19.2 Å². The summed E-state index contributed by atoms with van der Waals surface area (Å²) >= 11 is 0. The molecule has 33 heavy (non-hydrogen) atoms. The van der Waals surface area contributed by atoms with Gasteiger partial charge in [0.2, 0.25) is 6.79 Å². The molecule has 2 heterocycles. The van der Waals surface area contributed by atoms with E-state index in [4.69, 9.17) is 14.2 Å². The summed E-state index contributed by atoms with van der Waals surface area (Å²) in [5.74, 6) is 1.77. The van der Waals surface area contributed by atoms with Crippen LogP contribution >= 0.6 is 0 Å². The average Bonchev–Trinajstić information content (AvgIpc) is 3.52. The van der Waals surface area contributed by atoms with Crippen LogP contribution in [-0.2, 0) is 0 Å². The molecule has 0 radical (unpaired) electrons. The molecule has 0 fully saturated rings. The lowest BCUT2D eigenvalue weighted by molar-refractivity contribution is 0.0696. The number of fused-ring (bicyclic) bond motifs is 4. The number of carboxylic acids is 1. The molecule has 6 nitrogen and oxygen atoms in total. The van der Waals surface area contributed by atoms with E-state index in [1.165, 1.54) is 0 Å². The molecular weight excluding hydrogens is 418 g/mol. The fourth-order valence-corrected chi connectivity index (χ4v) is 5.29. The van der Waals surface area contributed by atoms with E-state index in [2.05, 4.69) is 35.7 Å². The van der Waals surface area contributed by atoms with E-state index >= 15 is 0 Å². The Morgan fingerprint density at radius 2 is 1.91 bits per heavy atom. The summed E-state index contributed by atoms with van der Waals surface area (Å²) < 4.78 is 16.9. The standard InChI is InChI=1S/C27H23NO5/c1-31-17-5-2-4-15(10-17)20-12-24-25(33-14-32-24)13-22(20)26-19-7-3-6-18(19)21-11-16(27(29)30)8-9-23(21)28-26/h2-6,8-13,18-19,26,28H,7,14H2,1H3,(H,29,30)/t18-,19+,26-/m1/s1. The maximum Gasteiger partial charge on any atom is 0.335 e. The van der Waals surface area contributed by atoms with Crippen molar-refractivity contribution in [2.24, 2.45) is 5.92 Å². The Bertz CT molecular complexity index is 1300. The Morgan fingerprint density at radius 1 is 1.06 bits per heavy atom. The first kappa shape index (κ1) is 19.7. The molecule has 2 N–H and O–H groups in total. The zero-order valence-corrected chi connectivity index (χ0v) is 18.1. The second-order valence-electron chi connectivity index (χ2n) is 8.61. The molecule has 1 aliphatic carbocycles. The highest BCUT2D eigenvalue weighted by atomic mass is 16.7. The summed E-state index contributed by atoms with van der Waals surface area (Å²) in [6.45, 7) is 0.211. The van der Waals surface area contributed by atoms with Crippen LogP contribution in [0.1, 0.15) is 39.9 Å². The van der Waals surface area contributed by atoms with Crippen LogP contribution in [0, 0.1) is 5.92 Å². The van der Waals surface area contributed by atoms with Crippen molar-refractivity contribution in [2.45, 2.75) is 18.4 Å². The summed E-state index contributed by atoms with van der Waals surface area (Å²) in [6.07, 6.45) is 5.32. The topological polar surface area (TPSA) is 77.0 Å². The fourth-order valence-electron chi connectivity index (χ4n) is 5.29. The first-order valence-corrected chi connectivity index (χ1v) is 11.0. The number of allylic oxidation sites excluding steroid dienone is 2. The molecule has 0 saturated carbocycles. The number of hydrogen-bond donors (Lipinski definition) is 2. The predicted octanol–water partition coefficient (Wildman–Crippen LogP) is 5.62. The van der Waals surface area contributed by atoms with E-state index in [0.29, 0.717) is 5.56 Å². The van der Waals surface area contributed by atoms with Gasteiger partial charge in [-0.05, 0) is 77.1 Å². The third-order valence-corrected chi connectivity index (χ3v) is 6.87. The molecule has 6 rings (SSSR count). The van der Waals surface area contributed by atoms with Gasteiger partial charge in [0, 0.05) is 11.6 Å². The third kappa shape index (κ3) is 3.21. The average molecular weight is 441 g/mol. The molecule has 3 aromatic rings. The van der Waals surface area contributed by atoms with Gasteiger partial charge in [-0.3, -0.25) is 0 Å². The molecule has 2 aliphatic heterocycles. The van der Waals surface area contributed by atoms with Crippen molar-refractivity contribution in [3.63, 3.8) is 0 Å². The molecule has 0 saturated heterocycles. The summed E-state index contributed by atoms with van der Waals surface area (Å²) in [5.41, 5.74) is 5.54. The summed E-state index contributed by atoms with van der Waals surface area (Å²) in [6, 6.07) is 17.5. The molecule has 0 aromatic heterocycles. The van der Waals surface area contributed by atoms with Crippen molar-refractivity contribution in [1.29, 1.82) is 0 Å². The van der Waals surface area contributed by atoms with Gasteiger partial charge < -0.3 is 24.6 Å². The summed E-state index contributed by atoms with van der Waals surface area (Å²) in [4.78, 5) is 11.6. The SMILES string of the molecule is COc1cccc(-c2cc3c(cc2[C@@H]2Nc4ccc(C(=O)O)cc4[C@@H]4C=CC[C@@H]42)OCO3)c1. The molecule has 3 aliphatic rings. The van der Waals surface area contributed by atoms with Crippen molar-refractivity contribution >= 4 is 11.7 Å². The van der Waals surface area contributed by atoms with Gasteiger partial charge in [0.25, 0.3) is 0 Å². The summed E-state index contributed by atoms with van der Waals surface area (Å²) in [7, 11) is 1.67. The van der Waals surface area contributed by atoms with Gasteiger partial charge in [-0.15, -0.1) is 0 Å². The second kappa shape index (κ2) is 7.59. The summed E-state index contributed by atoms with van der Waals surface area (Å²) in [5, 5.41) is 13.2. The monoisotopic (exact) mass is 441 g/mol. The van der Waals surface area contributed by atoms with Crippen molar-refractivity contribution < 1.29 is 24.1 Å². The van der Waals surface area contributed by atoms with Crippen LogP contribution in [0.2, 0.25) is 0 Å². The zero-order valence-electron chi connectivity index (χ0n) is 18.1. The first-order chi connectivity index (χ1) is 16.1. The lowest BCUT2D eigenvalue weighted by atomic mass is 9.75. The van der Waals surface area contributed by atoms with Crippen molar-refractivity contribution in [1.82, 2.24) is 0 Å². The second-order valence-corrected chi connectivity index (χ2v) is 8.61. The Kier molecular flexibility index (Phi) is 4.54. The van der Waals surface area contributed by atoms with Crippen LogP contribution in [0.4, 0.5) is 5.69 Å². The quantitative estimate of drug-likeness (QED) is 0.512. The van der Waals surface area contributed by atoms with Gasteiger partial charge in [-0.2, -0.15) is 0 Å². The number of carbonyl (C=O) groups is 1. The number of carboxylic acid groups (broad SMARTS) is 1. The van der Waals surface area contributed by atoms with E-state index in [-0.39, 0.29) is 24.7 Å². The highest BCUT2D eigenvalue weighted by Gasteiger charge is 2.39. The van der Waals surface area contributed by atoms with Crippen LogP contribution in [-0.4, -0.2) is 25.0 Å². The normalized spacial score (nSPS) is 21.8. The smallest absolute Gasteiger partial charge is 0.335 e. The fraction of sp³-hybridized carbons (Fsp3) is 0.222. The number of ether oxygens (including phenoxy) is 3. The molecule has 166 valence electrons. The molecule has 3 aromatic carbocycles. The Morgan fingerprint density at radius 3 is 2.73 bits per heavy atom. The number of methoxy groups -OCH3 is 1.